The van der Waals surface area contributed by atoms with Gasteiger partial charge in [0.2, 0.25) is 20.0 Å². The Kier molecular flexibility index (Phi) is 12.1. The number of aromatic nitrogens is 2. The van der Waals surface area contributed by atoms with E-state index in [0.29, 0.717) is 48.9 Å². The molecule has 4 atom stereocenters. The van der Waals surface area contributed by atoms with Crippen LogP contribution in [0.25, 0.3) is 22.3 Å². The number of para-hydroxylation sites is 2. The van der Waals surface area contributed by atoms with Gasteiger partial charge in [-0.3, -0.25) is 19.4 Å². The highest BCUT2D eigenvalue weighted by Crippen LogP contribution is 2.42. The van der Waals surface area contributed by atoms with Crippen LogP contribution in [0.2, 0.25) is 0 Å². The van der Waals surface area contributed by atoms with E-state index >= 15 is 0 Å². The Morgan fingerprint density at radius 1 is 0.569 bits per heavy atom. The third kappa shape index (κ3) is 10.0. The maximum atomic E-state index is 11.7. The fraction of sp³-hybridized carbons (Fsp3) is 0.227. The van der Waals surface area contributed by atoms with Crippen LogP contribution in [-0.2, 0) is 32.9 Å². The van der Waals surface area contributed by atoms with E-state index < -0.39 is 32.3 Å². The van der Waals surface area contributed by atoms with Crippen molar-refractivity contribution in [3.05, 3.63) is 156 Å². The summed E-state index contributed by atoms with van der Waals surface area (Å²) in [6.07, 6.45) is 9.36. The lowest BCUT2D eigenvalue weighted by molar-refractivity contribution is 0.0506. The number of ether oxygens (including phenoxy) is 2. The number of pyridine rings is 2. The first kappa shape index (κ1) is 40.4. The summed E-state index contributed by atoms with van der Waals surface area (Å²) in [5.41, 5.74) is 7.83. The molecule has 14 heteroatoms. The van der Waals surface area contributed by atoms with Crippen molar-refractivity contribution in [2.75, 3.05) is 35.2 Å². The standard InChI is InChI=1S/2C22H22N2O4S/c2*1-29(26,27)24-20-5-3-2-4-18(20)16-6-7-19-21(13-16)28-14-17(22(19)25)12-15-8-10-23-11-9-15/h2*2-11,13,17,22,24-25H,12,14H2,1H3/t2*17-,22+/m10/s1. The fourth-order valence-electron chi connectivity index (χ4n) is 7.26. The van der Waals surface area contributed by atoms with Crippen molar-refractivity contribution in [2.45, 2.75) is 25.0 Å². The van der Waals surface area contributed by atoms with Crippen LogP contribution >= 0.6 is 0 Å². The minimum atomic E-state index is -3.40. The molecule has 4 heterocycles. The normalized spacial score (nSPS) is 18.6. The average molecular weight is 821 g/mol. The lowest BCUT2D eigenvalue weighted by atomic mass is 9.87. The number of anilines is 2. The van der Waals surface area contributed by atoms with Crippen LogP contribution in [0.5, 0.6) is 11.5 Å². The molecule has 0 bridgehead atoms. The zero-order valence-corrected chi connectivity index (χ0v) is 33.5. The van der Waals surface area contributed by atoms with Crippen LogP contribution in [0.15, 0.2) is 134 Å². The summed E-state index contributed by atoms with van der Waals surface area (Å²) in [5.74, 6) is 1.15. The Morgan fingerprint density at radius 3 is 1.33 bits per heavy atom. The quantitative estimate of drug-likeness (QED) is 0.115. The molecule has 0 radical (unpaired) electrons. The average Bonchev–Trinajstić information content (AvgIpc) is 3.20. The van der Waals surface area contributed by atoms with Gasteiger partial charge in [-0.15, -0.1) is 0 Å². The molecular weight excluding hydrogens is 777 g/mol. The Bertz CT molecular complexity index is 2410. The first-order valence-corrected chi connectivity index (χ1v) is 22.4. The van der Waals surface area contributed by atoms with E-state index in [4.69, 9.17) is 9.47 Å². The molecule has 0 saturated heterocycles. The molecule has 0 saturated carbocycles. The maximum absolute atomic E-state index is 11.7. The monoisotopic (exact) mass is 820 g/mol. The second-order valence-electron chi connectivity index (χ2n) is 14.5. The van der Waals surface area contributed by atoms with Crippen LogP contribution in [0.4, 0.5) is 11.4 Å². The molecule has 8 rings (SSSR count). The number of aliphatic hydroxyl groups excluding tert-OH is 2. The smallest absolute Gasteiger partial charge is 0.229 e. The van der Waals surface area contributed by atoms with Crippen molar-refractivity contribution in [1.82, 2.24) is 9.97 Å². The van der Waals surface area contributed by atoms with Gasteiger partial charge >= 0.3 is 0 Å². The van der Waals surface area contributed by atoms with Crippen molar-refractivity contribution < 1.29 is 36.5 Å². The summed E-state index contributed by atoms with van der Waals surface area (Å²) < 4.78 is 63.7. The van der Waals surface area contributed by atoms with Gasteiger partial charge in [-0.2, -0.15) is 0 Å². The molecule has 12 nitrogen and oxygen atoms in total. The van der Waals surface area contributed by atoms with E-state index in [1.807, 2.05) is 84.9 Å². The number of benzene rings is 4. The zero-order valence-electron chi connectivity index (χ0n) is 31.9. The van der Waals surface area contributed by atoms with Gasteiger partial charge in [0.25, 0.3) is 0 Å². The number of nitrogens with one attached hydrogen (secondary N) is 2. The topological polar surface area (TPSA) is 177 Å². The zero-order chi connectivity index (χ0) is 40.9. The van der Waals surface area contributed by atoms with Crippen LogP contribution in [0.3, 0.4) is 0 Å². The number of sulfonamides is 2. The van der Waals surface area contributed by atoms with Gasteiger partial charge in [0.1, 0.15) is 11.5 Å². The summed E-state index contributed by atoms with van der Waals surface area (Å²) in [6.45, 7) is 0.812. The maximum Gasteiger partial charge on any atom is 0.229 e. The SMILES string of the molecule is CS(=O)(=O)Nc1ccccc1-c1ccc2c(c1)OC[C@@H](Cc1ccncc1)[C@@H]2O.CS(=O)(=O)Nc1ccccc1-c1ccc2c(c1)OC[C@H](Cc1ccncc1)[C@H]2O. The molecule has 0 amide bonds. The first-order chi connectivity index (χ1) is 27.8. The summed E-state index contributed by atoms with van der Waals surface area (Å²) >= 11 is 0. The van der Waals surface area contributed by atoms with Crippen molar-refractivity contribution in [3.8, 4) is 33.8 Å². The lowest BCUT2D eigenvalue weighted by Crippen LogP contribution is -2.27. The molecule has 2 aliphatic heterocycles. The summed E-state index contributed by atoms with van der Waals surface area (Å²) in [6, 6.07) is 33.3. The second kappa shape index (κ2) is 17.4. The molecule has 6 aromatic rings. The Hall–Kier alpha value is -5.80. The van der Waals surface area contributed by atoms with Gasteiger partial charge in [0.05, 0.1) is 49.3 Å². The Morgan fingerprint density at radius 2 is 0.948 bits per heavy atom. The molecule has 4 N–H and O–H groups in total. The Labute approximate surface area is 338 Å². The van der Waals surface area contributed by atoms with Crippen LogP contribution in [0.1, 0.15) is 34.5 Å². The number of hydrogen-bond donors (Lipinski definition) is 4. The minimum Gasteiger partial charge on any atom is -0.493 e. The summed E-state index contributed by atoms with van der Waals surface area (Å²) in [5, 5.41) is 21.7. The molecule has 0 aliphatic carbocycles. The number of fused-ring (bicyclic) bond motifs is 2. The van der Waals surface area contributed by atoms with Crippen molar-refractivity contribution in [3.63, 3.8) is 0 Å². The highest BCUT2D eigenvalue weighted by atomic mass is 32.2. The highest BCUT2D eigenvalue weighted by Gasteiger charge is 2.31. The van der Waals surface area contributed by atoms with E-state index in [2.05, 4.69) is 19.4 Å². The summed E-state index contributed by atoms with van der Waals surface area (Å²) in [7, 11) is -6.79. The van der Waals surface area contributed by atoms with E-state index in [-0.39, 0.29) is 11.8 Å². The number of hydrogen-bond acceptors (Lipinski definition) is 10. The van der Waals surface area contributed by atoms with Gasteiger partial charge in [-0.25, -0.2) is 16.8 Å². The second-order valence-corrected chi connectivity index (χ2v) is 18.0. The molecule has 2 aliphatic rings. The summed E-state index contributed by atoms with van der Waals surface area (Å²) in [4.78, 5) is 8.05. The molecule has 0 fully saturated rings. The van der Waals surface area contributed by atoms with E-state index in [9.17, 15) is 27.0 Å². The van der Waals surface area contributed by atoms with Gasteiger partial charge in [0.15, 0.2) is 0 Å². The van der Waals surface area contributed by atoms with Gasteiger partial charge < -0.3 is 19.7 Å². The predicted molar refractivity (Wildman–Crippen MR) is 224 cm³/mol. The number of aliphatic hydroxyl groups is 2. The molecule has 0 unspecified atom stereocenters. The highest BCUT2D eigenvalue weighted by molar-refractivity contribution is 7.92. The molecule has 4 aromatic carbocycles. The largest absolute Gasteiger partial charge is 0.493 e. The van der Waals surface area contributed by atoms with Crippen LogP contribution in [0, 0.1) is 11.8 Å². The fourth-order valence-corrected chi connectivity index (χ4v) is 8.41. The van der Waals surface area contributed by atoms with E-state index in [1.165, 1.54) is 0 Å². The van der Waals surface area contributed by atoms with Gasteiger partial charge in [-0.05, 0) is 83.6 Å². The minimum absolute atomic E-state index is 0.0464. The predicted octanol–water partition coefficient (Wildman–Crippen LogP) is 6.81. The van der Waals surface area contributed by atoms with Gasteiger partial charge in [-0.1, -0.05) is 60.7 Å². The van der Waals surface area contributed by atoms with E-state index in [0.717, 1.165) is 57.0 Å². The van der Waals surface area contributed by atoms with Crippen LogP contribution < -0.4 is 18.9 Å². The van der Waals surface area contributed by atoms with Gasteiger partial charge in [0, 0.05) is 58.9 Å². The third-order valence-corrected chi connectivity index (χ3v) is 11.2. The lowest BCUT2D eigenvalue weighted by Gasteiger charge is -2.31. The van der Waals surface area contributed by atoms with E-state index in [1.54, 1.807) is 49.1 Å². The first-order valence-electron chi connectivity index (χ1n) is 18.6. The Balaban J connectivity index is 0.000000177. The molecule has 58 heavy (non-hydrogen) atoms. The van der Waals surface area contributed by atoms with Crippen molar-refractivity contribution in [2.24, 2.45) is 11.8 Å². The third-order valence-electron chi connectivity index (χ3n) is 10.0. The van der Waals surface area contributed by atoms with Crippen molar-refractivity contribution >= 4 is 31.4 Å². The number of nitrogens with zero attached hydrogens (tertiary/aromatic N) is 2. The molecule has 2 aromatic heterocycles. The molecule has 0 spiro atoms. The molecule has 300 valence electrons. The number of rotatable bonds is 10. The van der Waals surface area contributed by atoms with Crippen molar-refractivity contribution in [1.29, 1.82) is 0 Å². The molecular formula is C44H44N4O8S2. The van der Waals surface area contributed by atoms with Crippen LogP contribution in [-0.4, -0.2) is 62.7 Å².